The molecular weight excluding hydrogens is 331 g/mol. The number of nitro groups is 1. The lowest BCUT2D eigenvalue weighted by molar-refractivity contribution is -0.385. The van der Waals surface area contributed by atoms with Crippen LogP contribution in [0.25, 0.3) is 0 Å². The monoisotopic (exact) mass is 348 g/mol. The summed E-state index contributed by atoms with van der Waals surface area (Å²) in [5, 5.41) is 13.5. The minimum atomic E-state index is -0.560. The second-order valence-corrected chi connectivity index (χ2v) is 5.11. The molecule has 2 aromatic carbocycles. The smallest absolute Gasteiger partial charge is 0.273 e. The van der Waals surface area contributed by atoms with Crippen molar-refractivity contribution < 1.29 is 23.6 Å². The van der Waals surface area contributed by atoms with Crippen LogP contribution < -0.4 is 14.8 Å². The fourth-order valence-corrected chi connectivity index (χ4v) is 2.08. The number of nitrogens with zero attached hydrogens (tertiary/aromatic N) is 1. The molecule has 25 heavy (non-hydrogen) atoms. The van der Waals surface area contributed by atoms with E-state index < -0.39 is 4.92 Å². The quantitative estimate of drug-likeness (QED) is 0.585. The number of methoxy groups -OCH3 is 1. The average Bonchev–Trinajstić information content (AvgIpc) is 2.61. The van der Waals surface area contributed by atoms with Crippen LogP contribution in [0.5, 0.6) is 11.5 Å². The largest absolute Gasteiger partial charge is 0.493 e. The number of ether oxygens (including phenoxy) is 2. The van der Waals surface area contributed by atoms with Crippen LogP contribution in [0.3, 0.4) is 0 Å². The zero-order valence-corrected chi connectivity index (χ0v) is 13.5. The third kappa shape index (κ3) is 5.45. The van der Waals surface area contributed by atoms with E-state index in [9.17, 15) is 19.3 Å². The number of carbonyl (C=O) groups excluding carboxylic acids is 1. The predicted molar refractivity (Wildman–Crippen MR) is 88.3 cm³/mol. The predicted octanol–water partition coefficient (Wildman–Crippen LogP) is 2.48. The van der Waals surface area contributed by atoms with E-state index in [4.69, 9.17) is 9.47 Å². The topological polar surface area (TPSA) is 90.7 Å². The number of hydrogen-bond acceptors (Lipinski definition) is 5. The lowest BCUT2D eigenvalue weighted by Gasteiger charge is -2.10. The first kappa shape index (κ1) is 18.2. The molecule has 0 aliphatic rings. The van der Waals surface area contributed by atoms with Crippen LogP contribution in [-0.4, -0.2) is 31.1 Å². The van der Waals surface area contributed by atoms with E-state index in [0.29, 0.717) is 18.7 Å². The van der Waals surface area contributed by atoms with E-state index in [1.807, 2.05) is 0 Å². The minimum Gasteiger partial charge on any atom is -0.493 e. The zero-order chi connectivity index (χ0) is 18.2. The normalized spacial score (nSPS) is 10.2. The third-order valence-electron chi connectivity index (χ3n) is 3.37. The maximum absolute atomic E-state index is 12.8. The highest BCUT2D eigenvalue weighted by molar-refractivity contribution is 5.77. The van der Waals surface area contributed by atoms with Gasteiger partial charge in [0.25, 0.3) is 11.6 Å². The van der Waals surface area contributed by atoms with Crippen LogP contribution >= 0.6 is 0 Å². The molecular formula is C17H17FN2O5. The number of non-ortho nitro benzene ring substituents is 1. The molecule has 0 spiro atoms. The first-order chi connectivity index (χ1) is 12.0. The molecule has 1 N–H and O–H groups in total. The molecule has 0 bridgehead atoms. The molecule has 0 saturated carbocycles. The summed E-state index contributed by atoms with van der Waals surface area (Å²) in [5.41, 5.74) is 0.732. The second kappa shape index (κ2) is 8.62. The summed E-state index contributed by atoms with van der Waals surface area (Å²) in [4.78, 5) is 22.0. The molecule has 132 valence electrons. The minimum absolute atomic E-state index is 0.116. The Kier molecular flexibility index (Phi) is 6.27. The van der Waals surface area contributed by atoms with Crippen molar-refractivity contribution in [3.05, 3.63) is 64.0 Å². The number of amides is 1. The van der Waals surface area contributed by atoms with E-state index in [0.717, 1.165) is 5.56 Å². The van der Waals surface area contributed by atoms with Gasteiger partial charge in [-0.1, -0.05) is 12.1 Å². The molecule has 2 rings (SSSR count). The van der Waals surface area contributed by atoms with Crippen LogP contribution in [0.15, 0.2) is 42.5 Å². The maximum Gasteiger partial charge on any atom is 0.273 e. The Morgan fingerprint density at radius 2 is 1.92 bits per heavy atom. The molecule has 0 radical (unpaired) electrons. The standard InChI is InChI=1S/C17H17FN2O5/c1-24-15-7-6-14(20(22)23)10-16(15)25-11-17(21)19-9-8-12-2-4-13(18)5-3-12/h2-7,10H,8-9,11H2,1H3,(H,19,21). The van der Waals surface area contributed by atoms with Crippen LogP contribution in [0.1, 0.15) is 5.56 Å². The molecule has 0 fully saturated rings. The summed E-state index contributed by atoms with van der Waals surface area (Å²) in [7, 11) is 1.40. The fraction of sp³-hybridized carbons (Fsp3) is 0.235. The van der Waals surface area contributed by atoms with Crippen molar-refractivity contribution in [1.82, 2.24) is 5.32 Å². The first-order valence-corrected chi connectivity index (χ1v) is 7.46. The van der Waals surface area contributed by atoms with Crippen LogP contribution in [0, 0.1) is 15.9 Å². The van der Waals surface area contributed by atoms with Crippen LogP contribution in [-0.2, 0) is 11.2 Å². The van der Waals surface area contributed by atoms with Crippen molar-refractivity contribution >= 4 is 11.6 Å². The van der Waals surface area contributed by atoms with Gasteiger partial charge in [0.15, 0.2) is 18.1 Å². The maximum atomic E-state index is 12.8. The second-order valence-electron chi connectivity index (χ2n) is 5.11. The molecule has 7 nitrogen and oxygen atoms in total. The van der Waals surface area contributed by atoms with Gasteiger partial charge >= 0.3 is 0 Å². The molecule has 1 amide bonds. The highest BCUT2D eigenvalue weighted by atomic mass is 19.1. The summed E-state index contributed by atoms with van der Waals surface area (Å²) >= 11 is 0. The molecule has 0 aliphatic heterocycles. The van der Waals surface area contributed by atoms with Gasteiger partial charge in [0.1, 0.15) is 5.82 Å². The average molecular weight is 348 g/mol. The molecule has 0 saturated heterocycles. The number of halogens is 1. The summed E-state index contributed by atoms with van der Waals surface area (Å²) < 4.78 is 23.2. The van der Waals surface area contributed by atoms with Crippen molar-refractivity contribution in [1.29, 1.82) is 0 Å². The number of hydrogen-bond donors (Lipinski definition) is 1. The number of nitro benzene ring substituents is 1. The van der Waals surface area contributed by atoms with Gasteiger partial charge in [-0.25, -0.2) is 4.39 Å². The number of carbonyl (C=O) groups is 1. The highest BCUT2D eigenvalue weighted by Crippen LogP contribution is 2.30. The molecule has 0 aromatic heterocycles. The van der Waals surface area contributed by atoms with Crippen molar-refractivity contribution in [2.45, 2.75) is 6.42 Å². The van der Waals surface area contributed by atoms with Crippen molar-refractivity contribution in [3.63, 3.8) is 0 Å². The van der Waals surface area contributed by atoms with Gasteiger partial charge in [-0.05, 0) is 30.2 Å². The van der Waals surface area contributed by atoms with Crippen molar-refractivity contribution in [2.75, 3.05) is 20.3 Å². The summed E-state index contributed by atoms with van der Waals surface area (Å²) in [6.07, 6.45) is 0.548. The first-order valence-electron chi connectivity index (χ1n) is 7.46. The van der Waals surface area contributed by atoms with E-state index in [1.54, 1.807) is 12.1 Å². The van der Waals surface area contributed by atoms with Crippen molar-refractivity contribution in [2.24, 2.45) is 0 Å². The van der Waals surface area contributed by atoms with E-state index in [-0.39, 0.29) is 29.8 Å². The Morgan fingerprint density at radius 3 is 2.56 bits per heavy atom. The Morgan fingerprint density at radius 1 is 1.20 bits per heavy atom. The van der Waals surface area contributed by atoms with Gasteiger partial charge < -0.3 is 14.8 Å². The third-order valence-corrected chi connectivity index (χ3v) is 3.37. The Labute approximate surface area is 143 Å². The summed E-state index contributed by atoms with van der Waals surface area (Å²) in [6.45, 7) is 0.0564. The van der Waals surface area contributed by atoms with Crippen molar-refractivity contribution in [3.8, 4) is 11.5 Å². The lowest BCUT2D eigenvalue weighted by atomic mass is 10.1. The fourth-order valence-electron chi connectivity index (χ4n) is 2.08. The number of nitrogens with one attached hydrogen (secondary N) is 1. The summed E-state index contributed by atoms with van der Waals surface area (Å²) in [5.74, 6) is -0.280. The lowest BCUT2D eigenvalue weighted by Crippen LogP contribution is -2.30. The molecule has 0 aliphatic carbocycles. The van der Waals surface area contributed by atoms with Gasteiger partial charge in [0.05, 0.1) is 18.1 Å². The number of benzene rings is 2. The van der Waals surface area contributed by atoms with E-state index in [2.05, 4.69) is 5.32 Å². The van der Waals surface area contributed by atoms with Crippen LogP contribution in [0.2, 0.25) is 0 Å². The van der Waals surface area contributed by atoms with E-state index >= 15 is 0 Å². The van der Waals surface area contributed by atoms with Gasteiger partial charge in [-0.2, -0.15) is 0 Å². The van der Waals surface area contributed by atoms with E-state index in [1.165, 1.54) is 37.4 Å². The molecule has 2 aromatic rings. The van der Waals surface area contributed by atoms with Gasteiger partial charge in [-0.3, -0.25) is 14.9 Å². The highest BCUT2D eigenvalue weighted by Gasteiger charge is 2.13. The van der Waals surface area contributed by atoms with Gasteiger partial charge in [-0.15, -0.1) is 0 Å². The molecule has 0 unspecified atom stereocenters. The summed E-state index contributed by atoms with van der Waals surface area (Å²) in [6, 6.07) is 9.89. The molecule has 0 heterocycles. The van der Waals surface area contributed by atoms with Crippen LogP contribution in [0.4, 0.5) is 10.1 Å². The molecule has 8 heteroatoms. The Bertz CT molecular complexity index is 749. The Balaban J connectivity index is 1.84. The zero-order valence-electron chi connectivity index (χ0n) is 13.5. The molecule has 0 atom stereocenters. The van der Waals surface area contributed by atoms with Gasteiger partial charge in [0, 0.05) is 12.6 Å². The SMILES string of the molecule is COc1ccc([N+](=O)[O-])cc1OCC(=O)NCCc1ccc(F)cc1. The van der Waals surface area contributed by atoms with Gasteiger partial charge in [0.2, 0.25) is 0 Å². The number of rotatable bonds is 8. The Hall–Kier alpha value is -3.16.